The van der Waals surface area contributed by atoms with E-state index in [1.165, 1.54) is 24.3 Å². The minimum atomic E-state index is -5.38. The summed E-state index contributed by atoms with van der Waals surface area (Å²) >= 11 is -0.155. The first-order valence-electron chi connectivity index (χ1n) is 7.73. The number of ether oxygens (including phenoxy) is 2. The standard InChI is InChI=1S/C16H13O10S2.Na/c1-25-15(17)10-8-11(16(18)26-2)13(27(19,20)21)14(28(22,23)24)12(10)9-6-4-3-5-7-9;/h3-7H,1-2H3,(H,19,20,21)(H,22,23,24);. The number of hydrogen-bond acceptors (Lipinski definition) is 8. The molecule has 0 bridgehead atoms. The molecule has 13 heteroatoms. The van der Waals surface area contributed by atoms with Crippen LogP contribution in [0.4, 0.5) is 0 Å². The van der Waals surface area contributed by atoms with Crippen molar-refractivity contribution >= 4 is 62.9 Å². The molecule has 0 saturated heterocycles. The van der Waals surface area contributed by atoms with Crippen molar-refractivity contribution in [1.82, 2.24) is 0 Å². The van der Waals surface area contributed by atoms with E-state index in [1.54, 1.807) is 6.07 Å². The van der Waals surface area contributed by atoms with Crippen molar-refractivity contribution in [3.63, 3.8) is 0 Å². The van der Waals surface area contributed by atoms with Gasteiger partial charge in [-0.15, -0.1) is 0 Å². The Morgan fingerprint density at radius 3 is 1.69 bits per heavy atom. The van der Waals surface area contributed by atoms with Crippen LogP contribution in [0.2, 0.25) is 0 Å². The third kappa shape index (κ3) is 4.53. The van der Waals surface area contributed by atoms with Gasteiger partial charge in [0.05, 0.1) is 0 Å². The first-order valence-corrected chi connectivity index (χ1v) is 11.6. The van der Waals surface area contributed by atoms with Crippen molar-refractivity contribution in [2.45, 2.75) is 9.79 Å². The Morgan fingerprint density at radius 1 is 0.828 bits per heavy atom. The number of carbonyl (C=O) groups excluding carboxylic acids is 2. The maximum absolute atomic E-state index is 12.5. The van der Waals surface area contributed by atoms with Gasteiger partial charge in [-0.2, -0.15) is 0 Å². The van der Waals surface area contributed by atoms with Gasteiger partial charge in [0.15, 0.2) is 0 Å². The molecular formula is C16H13NaO10S2. The Kier molecular flexibility index (Phi) is 6.89. The van der Waals surface area contributed by atoms with Crippen LogP contribution in [0.5, 0.6) is 0 Å². The zero-order valence-corrected chi connectivity index (χ0v) is 19.0. The SMILES string of the molecule is COC(=O)c1[c]([Na])c(C(=O)OC)c(S(=O)(=O)O)c(S(=O)(=O)O)c1-c1ccccc1. The van der Waals surface area contributed by atoms with E-state index in [2.05, 4.69) is 9.47 Å². The van der Waals surface area contributed by atoms with Gasteiger partial charge in [-0.05, 0) is 0 Å². The van der Waals surface area contributed by atoms with E-state index in [-0.39, 0.29) is 36.3 Å². The molecule has 0 aromatic heterocycles. The summed E-state index contributed by atoms with van der Waals surface area (Å²) < 4.78 is 77.2. The van der Waals surface area contributed by atoms with Crippen LogP contribution in [-0.2, 0) is 29.7 Å². The fourth-order valence-electron chi connectivity index (χ4n) is 2.90. The zero-order valence-electron chi connectivity index (χ0n) is 15.4. The van der Waals surface area contributed by atoms with Gasteiger partial charge in [-0.1, -0.05) is 0 Å². The van der Waals surface area contributed by atoms with Crippen LogP contribution in [0.25, 0.3) is 11.1 Å². The molecule has 10 nitrogen and oxygen atoms in total. The molecule has 0 heterocycles. The molecule has 29 heavy (non-hydrogen) atoms. The Hall–Kier alpha value is -1.80. The number of methoxy groups -OCH3 is 2. The Labute approximate surface area is 183 Å². The van der Waals surface area contributed by atoms with Crippen molar-refractivity contribution in [3.8, 4) is 11.1 Å². The topological polar surface area (TPSA) is 161 Å². The molecule has 0 atom stereocenters. The Bertz CT molecular complexity index is 1200. The minimum absolute atomic E-state index is 0.0268. The number of hydrogen-bond donors (Lipinski definition) is 2. The van der Waals surface area contributed by atoms with Gasteiger partial charge < -0.3 is 0 Å². The van der Waals surface area contributed by atoms with Gasteiger partial charge >= 0.3 is 185 Å². The molecule has 0 saturated carbocycles. The first kappa shape index (κ1) is 23.5. The van der Waals surface area contributed by atoms with Crippen LogP contribution < -0.4 is 2.81 Å². The summed E-state index contributed by atoms with van der Waals surface area (Å²) in [6.45, 7) is 0. The molecule has 0 spiro atoms. The second-order valence-corrected chi connectivity index (χ2v) is 9.42. The fraction of sp³-hybridized carbons (Fsp3) is 0.125. The number of benzene rings is 2. The molecule has 2 aromatic rings. The molecule has 0 aliphatic rings. The van der Waals surface area contributed by atoms with E-state index in [0.29, 0.717) is 0 Å². The third-order valence-corrected chi connectivity index (χ3v) is 7.00. The average molecular weight is 452 g/mol. The van der Waals surface area contributed by atoms with Gasteiger partial charge in [0.1, 0.15) is 0 Å². The molecule has 0 aliphatic carbocycles. The summed E-state index contributed by atoms with van der Waals surface area (Å²) in [5, 5.41) is 0. The maximum atomic E-state index is 12.5. The molecule has 0 fully saturated rings. The van der Waals surface area contributed by atoms with Crippen molar-refractivity contribution in [3.05, 3.63) is 41.5 Å². The van der Waals surface area contributed by atoms with Crippen molar-refractivity contribution in [2.75, 3.05) is 14.2 Å². The zero-order chi connectivity index (χ0) is 22.1. The molecule has 0 unspecified atom stereocenters. The summed E-state index contributed by atoms with van der Waals surface area (Å²) in [6.07, 6.45) is 0. The summed E-state index contributed by atoms with van der Waals surface area (Å²) in [6, 6.07) is 7.21. The molecule has 0 amide bonds. The van der Waals surface area contributed by atoms with Crippen molar-refractivity contribution in [1.29, 1.82) is 0 Å². The van der Waals surface area contributed by atoms with E-state index in [0.717, 1.165) is 14.2 Å². The normalized spacial score (nSPS) is 11.8. The van der Waals surface area contributed by atoms with Crippen LogP contribution >= 0.6 is 0 Å². The number of esters is 2. The molecule has 2 N–H and O–H groups in total. The van der Waals surface area contributed by atoms with E-state index < -0.39 is 58.7 Å². The van der Waals surface area contributed by atoms with Gasteiger partial charge in [0, 0.05) is 0 Å². The number of carbonyl (C=O) groups is 2. The van der Waals surface area contributed by atoms with Crippen molar-refractivity contribution < 1.29 is 45.0 Å². The molecule has 2 aromatic carbocycles. The average Bonchev–Trinajstić information content (AvgIpc) is 2.64. The first-order chi connectivity index (χ1) is 13.4. The monoisotopic (exact) mass is 452 g/mol. The summed E-state index contributed by atoms with van der Waals surface area (Å²) in [5.41, 5.74) is -1.80. The van der Waals surface area contributed by atoms with Gasteiger partial charge in [-0.25, -0.2) is 0 Å². The van der Waals surface area contributed by atoms with E-state index >= 15 is 0 Å². The predicted molar refractivity (Wildman–Crippen MR) is 99.6 cm³/mol. The Balaban J connectivity index is 3.38. The third-order valence-electron chi connectivity index (χ3n) is 4.02. The number of rotatable bonds is 5. The van der Waals surface area contributed by atoms with Gasteiger partial charge in [-0.3, -0.25) is 0 Å². The van der Waals surface area contributed by atoms with E-state index in [9.17, 15) is 35.5 Å². The molecule has 0 radical (unpaired) electrons. The van der Waals surface area contributed by atoms with Gasteiger partial charge in [0.2, 0.25) is 0 Å². The molecular weight excluding hydrogens is 439 g/mol. The van der Waals surface area contributed by atoms with Crippen LogP contribution in [0.1, 0.15) is 20.7 Å². The van der Waals surface area contributed by atoms with Crippen LogP contribution in [0.15, 0.2) is 40.1 Å². The summed E-state index contributed by atoms with van der Waals surface area (Å²) in [4.78, 5) is 22.1. The summed E-state index contributed by atoms with van der Waals surface area (Å²) in [5.74, 6) is -2.40. The Morgan fingerprint density at radius 2 is 1.28 bits per heavy atom. The van der Waals surface area contributed by atoms with Crippen LogP contribution in [-0.4, -0.2) is 80.0 Å². The van der Waals surface area contributed by atoms with Crippen LogP contribution in [0.3, 0.4) is 0 Å². The van der Waals surface area contributed by atoms with E-state index in [4.69, 9.17) is 0 Å². The molecule has 2 rings (SSSR count). The quantitative estimate of drug-likeness (QED) is 0.364. The fourth-order valence-corrected chi connectivity index (χ4v) is 6.27. The second kappa shape index (κ2) is 8.52. The summed E-state index contributed by atoms with van der Waals surface area (Å²) in [7, 11) is -8.86. The molecule has 150 valence electrons. The van der Waals surface area contributed by atoms with E-state index in [1.807, 2.05) is 0 Å². The predicted octanol–water partition coefficient (Wildman–Crippen LogP) is 0.214. The van der Waals surface area contributed by atoms with Crippen molar-refractivity contribution in [2.24, 2.45) is 0 Å². The molecule has 0 aliphatic heterocycles. The van der Waals surface area contributed by atoms with Crippen LogP contribution in [0, 0.1) is 0 Å². The van der Waals surface area contributed by atoms with Gasteiger partial charge in [0.25, 0.3) is 0 Å². The second-order valence-electron chi connectivity index (χ2n) is 5.71.